The lowest BCUT2D eigenvalue weighted by Gasteiger charge is -2.32. The summed E-state index contributed by atoms with van der Waals surface area (Å²) in [7, 11) is 0. The summed E-state index contributed by atoms with van der Waals surface area (Å²) in [6, 6.07) is 0.299. The molecule has 3 nitrogen and oxygen atoms in total. The van der Waals surface area contributed by atoms with E-state index in [1.165, 1.54) is 19.3 Å². The van der Waals surface area contributed by atoms with E-state index in [1.807, 2.05) is 0 Å². The number of hydrogen-bond donors (Lipinski definition) is 3. The third-order valence-electron chi connectivity index (χ3n) is 4.15. The third-order valence-corrected chi connectivity index (χ3v) is 4.15. The highest BCUT2D eigenvalue weighted by molar-refractivity contribution is 4.82. The molecule has 0 heterocycles. The van der Waals surface area contributed by atoms with Crippen molar-refractivity contribution >= 4 is 0 Å². The average Bonchev–Trinajstić information content (AvgIpc) is 2.28. The molecule has 94 valence electrons. The Morgan fingerprint density at radius 2 is 1.75 bits per heavy atom. The summed E-state index contributed by atoms with van der Waals surface area (Å²) in [5.74, 6) is 0.609. The quantitative estimate of drug-likeness (QED) is 0.683. The maximum Gasteiger partial charge on any atom is 0.0693 e. The second kappa shape index (κ2) is 5.99. The van der Waals surface area contributed by atoms with Crippen LogP contribution in [0.3, 0.4) is 0 Å². The molecular formula is C13H25NO2. The number of rotatable bonds is 3. The first kappa shape index (κ1) is 12.3. The minimum absolute atomic E-state index is 0.0863. The van der Waals surface area contributed by atoms with Crippen molar-refractivity contribution in [3.8, 4) is 0 Å². The molecule has 2 rings (SSSR count). The molecule has 2 saturated carbocycles. The molecule has 0 radical (unpaired) electrons. The minimum Gasteiger partial charge on any atom is -0.393 e. The molecule has 3 heteroatoms. The maximum absolute atomic E-state index is 9.84. The molecule has 0 aromatic carbocycles. The van der Waals surface area contributed by atoms with E-state index in [1.54, 1.807) is 0 Å². The number of hydrogen-bond acceptors (Lipinski definition) is 3. The van der Waals surface area contributed by atoms with Gasteiger partial charge in [-0.3, -0.25) is 0 Å². The fourth-order valence-electron chi connectivity index (χ4n) is 3.12. The van der Waals surface area contributed by atoms with Crippen molar-refractivity contribution in [2.24, 2.45) is 5.92 Å². The van der Waals surface area contributed by atoms with Crippen LogP contribution in [-0.2, 0) is 0 Å². The zero-order valence-electron chi connectivity index (χ0n) is 10.1. The van der Waals surface area contributed by atoms with Gasteiger partial charge in [-0.15, -0.1) is 0 Å². The zero-order valence-corrected chi connectivity index (χ0v) is 10.1. The summed E-state index contributed by atoms with van der Waals surface area (Å²) in [5, 5.41) is 22.9. The lowest BCUT2D eigenvalue weighted by Crippen LogP contribution is -2.44. The van der Waals surface area contributed by atoms with Gasteiger partial charge in [-0.1, -0.05) is 19.3 Å². The molecule has 0 saturated heterocycles. The molecule has 2 fully saturated rings. The molecule has 16 heavy (non-hydrogen) atoms. The fourth-order valence-corrected chi connectivity index (χ4v) is 3.12. The van der Waals surface area contributed by atoms with Crippen molar-refractivity contribution in [2.75, 3.05) is 6.54 Å². The van der Waals surface area contributed by atoms with Gasteiger partial charge < -0.3 is 15.5 Å². The predicted octanol–water partition coefficient (Wildman–Crippen LogP) is 1.43. The summed E-state index contributed by atoms with van der Waals surface area (Å²) < 4.78 is 0. The topological polar surface area (TPSA) is 52.5 Å². The van der Waals surface area contributed by atoms with Crippen LogP contribution < -0.4 is 5.32 Å². The van der Waals surface area contributed by atoms with Crippen molar-refractivity contribution in [1.29, 1.82) is 0 Å². The van der Waals surface area contributed by atoms with Gasteiger partial charge >= 0.3 is 0 Å². The second-order valence-corrected chi connectivity index (χ2v) is 5.55. The molecule has 2 unspecified atom stereocenters. The highest BCUT2D eigenvalue weighted by Gasteiger charge is 2.25. The smallest absolute Gasteiger partial charge is 0.0693 e. The molecule has 0 amide bonds. The first-order valence-electron chi connectivity index (χ1n) is 6.85. The van der Waals surface area contributed by atoms with E-state index in [0.29, 0.717) is 12.0 Å². The normalized spacial score (nSPS) is 40.9. The largest absolute Gasteiger partial charge is 0.393 e. The van der Waals surface area contributed by atoms with E-state index < -0.39 is 0 Å². The predicted molar refractivity (Wildman–Crippen MR) is 64.2 cm³/mol. The molecule has 0 bridgehead atoms. The minimum atomic E-state index is -0.151. The Bertz CT molecular complexity index is 210. The Morgan fingerprint density at radius 3 is 2.50 bits per heavy atom. The molecular weight excluding hydrogens is 202 g/mol. The van der Waals surface area contributed by atoms with Crippen LogP contribution in [0, 0.1) is 5.92 Å². The van der Waals surface area contributed by atoms with E-state index in [4.69, 9.17) is 0 Å². The summed E-state index contributed by atoms with van der Waals surface area (Å²) in [4.78, 5) is 0. The van der Waals surface area contributed by atoms with Crippen LogP contribution in [-0.4, -0.2) is 35.0 Å². The van der Waals surface area contributed by atoms with E-state index in [-0.39, 0.29) is 12.2 Å². The van der Waals surface area contributed by atoms with Crippen LogP contribution in [0.1, 0.15) is 51.4 Å². The van der Waals surface area contributed by atoms with Gasteiger partial charge in [0, 0.05) is 6.04 Å². The van der Waals surface area contributed by atoms with Crippen molar-refractivity contribution in [1.82, 2.24) is 5.32 Å². The molecule has 2 aliphatic carbocycles. The highest BCUT2D eigenvalue weighted by atomic mass is 16.3. The molecule has 0 aliphatic heterocycles. The Balaban J connectivity index is 1.69. The lowest BCUT2D eigenvalue weighted by molar-refractivity contribution is 0.0757. The molecule has 0 aromatic heterocycles. The van der Waals surface area contributed by atoms with Crippen LogP contribution in [0.15, 0.2) is 0 Å². The molecule has 2 aliphatic rings. The first-order valence-corrected chi connectivity index (χ1v) is 6.85. The van der Waals surface area contributed by atoms with Gasteiger partial charge in [0.05, 0.1) is 12.2 Å². The third kappa shape index (κ3) is 3.44. The molecule has 3 N–H and O–H groups in total. The van der Waals surface area contributed by atoms with Crippen molar-refractivity contribution in [3.05, 3.63) is 0 Å². The fraction of sp³-hybridized carbons (Fsp3) is 1.00. The molecule has 0 aromatic rings. The van der Waals surface area contributed by atoms with Gasteiger partial charge in [-0.05, 0) is 44.6 Å². The van der Waals surface area contributed by atoms with Gasteiger partial charge in [-0.2, -0.15) is 0 Å². The van der Waals surface area contributed by atoms with Crippen molar-refractivity contribution in [3.63, 3.8) is 0 Å². The highest BCUT2D eigenvalue weighted by Crippen LogP contribution is 2.24. The Hall–Kier alpha value is -0.120. The number of aliphatic hydroxyl groups is 2. The Kier molecular flexibility index (Phi) is 4.62. The average molecular weight is 227 g/mol. The standard InChI is InChI=1S/C13H25NO2/c15-11-5-3-4-10(8-11)9-14-12-6-1-2-7-13(12)16/h10-16H,1-9H2/t10?,11?,12-,13-/m1/s1. The Labute approximate surface area is 98.2 Å². The summed E-state index contributed by atoms with van der Waals surface area (Å²) in [5.41, 5.74) is 0. The zero-order chi connectivity index (χ0) is 11.4. The van der Waals surface area contributed by atoms with E-state index in [0.717, 1.165) is 38.6 Å². The number of nitrogens with one attached hydrogen (secondary N) is 1. The van der Waals surface area contributed by atoms with Crippen LogP contribution >= 0.6 is 0 Å². The van der Waals surface area contributed by atoms with Gasteiger partial charge in [0.2, 0.25) is 0 Å². The summed E-state index contributed by atoms with van der Waals surface area (Å²) in [6.45, 7) is 0.971. The van der Waals surface area contributed by atoms with E-state index in [9.17, 15) is 10.2 Å². The summed E-state index contributed by atoms with van der Waals surface area (Å²) in [6.07, 6.45) is 8.52. The molecule has 0 spiro atoms. The van der Waals surface area contributed by atoms with Crippen molar-refractivity contribution < 1.29 is 10.2 Å². The molecule has 4 atom stereocenters. The lowest BCUT2D eigenvalue weighted by atomic mass is 9.86. The monoisotopic (exact) mass is 227 g/mol. The van der Waals surface area contributed by atoms with Crippen LogP contribution in [0.5, 0.6) is 0 Å². The summed E-state index contributed by atoms with van der Waals surface area (Å²) >= 11 is 0. The van der Waals surface area contributed by atoms with Crippen molar-refractivity contribution in [2.45, 2.75) is 69.6 Å². The SMILES string of the molecule is OC1CCCC(CN[C@@H]2CCCC[C@H]2O)C1. The van der Waals surface area contributed by atoms with Gasteiger partial charge in [0.1, 0.15) is 0 Å². The van der Waals surface area contributed by atoms with Gasteiger partial charge in [0.15, 0.2) is 0 Å². The van der Waals surface area contributed by atoms with E-state index >= 15 is 0 Å². The maximum atomic E-state index is 9.84. The van der Waals surface area contributed by atoms with Gasteiger partial charge in [0.25, 0.3) is 0 Å². The van der Waals surface area contributed by atoms with Gasteiger partial charge in [-0.25, -0.2) is 0 Å². The Morgan fingerprint density at radius 1 is 0.938 bits per heavy atom. The van der Waals surface area contributed by atoms with Crippen LogP contribution in [0.2, 0.25) is 0 Å². The first-order chi connectivity index (χ1) is 7.75. The second-order valence-electron chi connectivity index (χ2n) is 5.55. The van der Waals surface area contributed by atoms with Crippen LogP contribution in [0.25, 0.3) is 0 Å². The van der Waals surface area contributed by atoms with Crippen LogP contribution in [0.4, 0.5) is 0 Å². The number of aliphatic hydroxyl groups excluding tert-OH is 2. The van der Waals surface area contributed by atoms with E-state index in [2.05, 4.69) is 5.32 Å².